The van der Waals surface area contributed by atoms with E-state index < -0.39 is 0 Å². The number of aromatic nitrogens is 3. The zero-order chi connectivity index (χ0) is 16.9. The number of likely N-dealkylation sites (tertiary alicyclic amines) is 1. The van der Waals surface area contributed by atoms with Crippen molar-refractivity contribution in [2.75, 3.05) is 44.0 Å². The van der Waals surface area contributed by atoms with Crippen molar-refractivity contribution in [1.29, 1.82) is 0 Å². The highest BCUT2D eigenvalue weighted by Gasteiger charge is 2.24. The van der Waals surface area contributed by atoms with Crippen LogP contribution in [0.25, 0.3) is 0 Å². The fourth-order valence-corrected chi connectivity index (χ4v) is 3.18. The molecule has 1 fully saturated rings. The Balaban J connectivity index is 1.66. The molecule has 0 aliphatic carbocycles. The number of pyridine rings is 1. The standard InChI is InChI=1S/C18H26N6/c1-22(2)18-20-10-8-17(21-18)23(3)16-7-5-11-24(14-16)13-15-6-4-9-19-12-15/h4,6,8-10,12,16H,5,7,11,13-14H2,1-3H3. The van der Waals surface area contributed by atoms with Gasteiger partial charge < -0.3 is 9.80 Å². The van der Waals surface area contributed by atoms with Gasteiger partial charge in [-0.1, -0.05) is 6.07 Å². The molecule has 2 aromatic heterocycles. The maximum Gasteiger partial charge on any atom is 0.226 e. The molecule has 3 heterocycles. The van der Waals surface area contributed by atoms with Crippen molar-refractivity contribution < 1.29 is 0 Å². The molecule has 0 saturated carbocycles. The van der Waals surface area contributed by atoms with E-state index in [1.165, 1.54) is 18.4 Å². The van der Waals surface area contributed by atoms with Gasteiger partial charge >= 0.3 is 0 Å². The van der Waals surface area contributed by atoms with E-state index in [1.807, 2.05) is 49.7 Å². The number of likely N-dealkylation sites (N-methyl/N-ethyl adjacent to an activating group) is 1. The smallest absolute Gasteiger partial charge is 0.226 e. The summed E-state index contributed by atoms with van der Waals surface area (Å²) in [5.74, 6) is 1.74. The first kappa shape index (κ1) is 16.6. The summed E-state index contributed by atoms with van der Waals surface area (Å²) in [7, 11) is 6.07. The van der Waals surface area contributed by atoms with Crippen LogP contribution in [0.4, 0.5) is 11.8 Å². The Kier molecular flexibility index (Phi) is 5.25. The second kappa shape index (κ2) is 7.57. The molecular formula is C18H26N6. The van der Waals surface area contributed by atoms with Crippen molar-refractivity contribution in [1.82, 2.24) is 19.9 Å². The molecule has 1 aliphatic rings. The molecule has 0 aromatic carbocycles. The van der Waals surface area contributed by atoms with Crippen molar-refractivity contribution in [2.45, 2.75) is 25.4 Å². The van der Waals surface area contributed by atoms with Crippen molar-refractivity contribution in [3.8, 4) is 0 Å². The monoisotopic (exact) mass is 326 g/mol. The molecule has 128 valence electrons. The van der Waals surface area contributed by atoms with Gasteiger partial charge in [0.05, 0.1) is 0 Å². The number of anilines is 2. The normalized spacial score (nSPS) is 18.4. The van der Waals surface area contributed by atoms with Gasteiger partial charge in [-0.05, 0) is 37.1 Å². The summed E-state index contributed by atoms with van der Waals surface area (Å²) in [4.78, 5) is 19.9. The average molecular weight is 326 g/mol. The minimum atomic E-state index is 0.473. The number of rotatable bonds is 5. The number of piperidine rings is 1. The van der Waals surface area contributed by atoms with Crippen LogP contribution in [0.15, 0.2) is 36.8 Å². The quantitative estimate of drug-likeness (QED) is 0.838. The highest BCUT2D eigenvalue weighted by atomic mass is 15.3. The van der Waals surface area contributed by atoms with Crippen LogP contribution in [-0.2, 0) is 6.54 Å². The molecule has 0 radical (unpaired) electrons. The highest BCUT2D eigenvalue weighted by molar-refractivity contribution is 5.43. The van der Waals surface area contributed by atoms with E-state index in [2.05, 4.69) is 37.9 Å². The number of hydrogen-bond donors (Lipinski definition) is 0. The first-order valence-electron chi connectivity index (χ1n) is 8.48. The Morgan fingerprint density at radius 3 is 2.83 bits per heavy atom. The molecule has 24 heavy (non-hydrogen) atoms. The Labute approximate surface area is 144 Å². The predicted molar refractivity (Wildman–Crippen MR) is 97.3 cm³/mol. The molecule has 0 spiro atoms. The number of hydrogen-bond acceptors (Lipinski definition) is 6. The summed E-state index contributed by atoms with van der Waals surface area (Å²) in [6, 6.07) is 6.62. The summed E-state index contributed by atoms with van der Waals surface area (Å²) in [6.07, 6.45) is 8.03. The Bertz CT molecular complexity index is 645. The summed E-state index contributed by atoms with van der Waals surface area (Å²) < 4.78 is 0. The molecule has 1 aliphatic heterocycles. The maximum atomic E-state index is 4.67. The van der Waals surface area contributed by atoms with E-state index >= 15 is 0 Å². The zero-order valence-corrected chi connectivity index (χ0v) is 14.8. The van der Waals surface area contributed by atoms with Crippen molar-refractivity contribution in [2.24, 2.45) is 0 Å². The summed E-state index contributed by atoms with van der Waals surface area (Å²) in [5, 5.41) is 0. The lowest BCUT2D eigenvalue weighted by molar-refractivity contribution is 0.198. The van der Waals surface area contributed by atoms with Crippen LogP contribution >= 0.6 is 0 Å². The third kappa shape index (κ3) is 4.00. The lowest BCUT2D eigenvalue weighted by Crippen LogP contribution is -2.46. The molecular weight excluding hydrogens is 300 g/mol. The second-order valence-corrected chi connectivity index (χ2v) is 6.61. The van der Waals surface area contributed by atoms with E-state index in [4.69, 9.17) is 0 Å². The first-order chi connectivity index (χ1) is 11.6. The van der Waals surface area contributed by atoms with Crippen LogP contribution in [0, 0.1) is 0 Å². The Morgan fingerprint density at radius 2 is 2.08 bits per heavy atom. The molecule has 3 rings (SSSR count). The van der Waals surface area contributed by atoms with Gasteiger partial charge in [0.15, 0.2) is 0 Å². The molecule has 1 atom stereocenters. The van der Waals surface area contributed by atoms with Gasteiger partial charge in [-0.25, -0.2) is 4.98 Å². The van der Waals surface area contributed by atoms with E-state index in [1.54, 1.807) is 0 Å². The van der Waals surface area contributed by atoms with E-state index in [0.29, 0.717) is 6.04 Å². The minimum absolute atomic E-state index is 0.473. The summed E-state index contributed by atoms with van der Waals surface area (Å²) in [5.41, 5.74) is 1.28. The van der Waals surface area contributed by atoms with Crippen LogP contribution in [0.1, 0.15) is 18.4 Å². The highest BCUT2D eigenvalue weighted by Crippen LogP contribution is 2.22. The van der Waals surface area contributed by atoms with Gasteiger partial charge in [0.1, 0.15) is 5.82 Å². The molecule has 0 amide bonds. The van der Waals surface area contributed by atoms with E-state index in [0.717, 1.165) is 31.4 Å². The van der Waals surface area contributed by atoms with Crippen LogP contribution in [0.2, 0.25) is 0 Å². The fourth-order valence-electron chi connectivity index (χ4n) is 3.18. The summed E-state index contributed by atoms with van der Waals surface area (Å²) in [6.45, 7) is 3.16. The van der Waals surface area contributed by atoms with Crippen molar-refractivity contribution in [3.63, 3.8) is 0 Å². The largest absolute Gasteiger partial charge is 0.355 e. The molecule has 0 bridgehead atoms. The van der Waals surface area contributed by atoms with Crippen molar-refractivity contribution in [3.05, 3.63) is 42.4 Å². The molecule has 1 unspecified atom stereocenters. The second-order valence-electron chi connectivity index (χ2n) is 6.61. The van der Waals surface area contributed by atoms with Crippen LogP contribution in [-0.4, -0.2) is 60.1 Å². The van der Waals surface area contributed by atoms with Crippen LogP contribution < -0.4 is 9.80 Å². The molecule has 0 N–H and O–H groups in total. The van der Waals surface area contributed by atoms with E-state index in [-0.39, 0.29) is 0 Å². The van der Waals surface area contributed by atoms with Gasteiger partial charge in [-0.3, -0.25) is 9.88 Å². The summed E-state index contributed by atoms with van der Waals surface area (Å²) >= 11 is 0. The van der Waals surface area contributed by atoms with Gasteiger partial charge in [-0.15, -0.1) is 0 Å². The van der Waals surface area contributed by atoms with Crippen molar-refractivity contribution >= 4 is 11.8 Å². The lowest BCUT2D eigenvalue weighted by atomic mass is 10.0. The maximum absolute atomic E-state index is 4.67. The third-order valence-electron chi connectivity index (χ3n) is 4.55. The first-order valence-corrected chi connectivity index (χ1v) is 8.48. The van der Waals surface area contributed by atoms with Gasteiger partial charge in [0.2, 0.25) is 5.95 Å². The average Bonchev–Trinajstić information content (AvgIpc) is 2.62. The fraction of sp³-hybridized carbons (Fsp3) is 0.500. The minimum Gasteiger partial charge on any atom is -0.355 e. The van der Waals surface area contributed by atoms with Gasteiger partial charge in [0, 0.05) is 58.9 Å². The third-order valence-corrected chi connectivity index (χ3v) is 4.55. The number of nitrogens with zero attached hydrogens (tertiary/aromatic N) is 6. The molecule has 6 nitrogen and oxygen atoms in total. The molecule has 2 aromatic rings. The van der Waals surface area contributed by atoms with Gasteiger partial charge in [-0.2, -0.15) is 4.98 Å². The van der Waals surface area contributed by atoms with Crippen LogP contribution in [0.3, 0.4) is 0 Å². The zero-order valence-electron chi connectivity index (χ0n) is 14.8. The molecule has 6 heteroatoms. The Morgan fingerprint density at radius 1 is 1.21 bits per heavy atom. The topological polar surface area (TPSA) is 48.4 Å². The SMILES string of the molecule is CN(C)c1nccc(N(C)C2CCCN(Cc3cccnc3)C2)n1. The van der Waals surface area contributed by atoms with Crippen LogP contribution in [0.5, 0.6) is 0 Å². The predicted octanol–water partition coefficient (Wildman–Crippen LogP) is 2.04. The van der Waals surface area contributed by atoms with Gasteiger partial charge in [0.25, 0.3) is 0 Å². The molecule has 1 saturated heterocycles. The Hall–Kier alpha value is -2.21. The lowest BCUT2D eigenvalue weighted by Gasteiger charge is -2.38. The van der Waals surface area contributed by atoms with E-state index in [9.17, 15) is 0 Å².